The number of halogens is 2. The lowest BCUT2D eigenvalue weighted by Gasteiger charge is -2.37. The Balaban J connectivity index is 1.72. The van der Waals surface area contributed by atoms with E-state index in [1.54, 1.807) is 0 Å². The molecule has 0 aliphatic carbocycles. The molecule has 1 saturated heterocycles. The molecule has 0 unspecified atom stereocenters. The number of aryl methyl sites for hydroxylation is 1. The predicted molar refractivity (Wildman–Crippen MR) is 87.7 cm³/mol. The Labute approximate surface area is 134 Å². The minimum absolute atomic E-state index is 0.304. The minimum Gasteiger partial charge on any atom is -0.367 e. The molecule has 1 aliphatic rings. The fraction of sp³-hybridized carbons (Fsp3) is 0.333. The van der Waals surface area contributed by atoms with Crippen LogP contribution in [0.4, 0.5) is 11.5 Å². The normalized spacial score (nSPS) is 15.4. The summed E-state index contributed by atoms with van der Waals surface area (Å²) in [7, 11) is 0. The first-order valence-corrected chi connectivity index (χ1v) is 7.65. The van der Waals surface area contributed by atoms with Gasteiger partial charge in [0.2, 0.25) is 5.28 Å². The van der Waals surface area contributed by atoms with E-state index in [0.29, 0.717) is 5.28 Å². The van der Waals surface area contributed by atoms with Crippen LogP contribution in [-0.2, 0) is 0 Å². The smallest absolute Gasteiger partial charge is 0.224 e. The summed E-state index contributed by atoms with van der Waals surface area (Å²) in [5.41, 5.74) is 1.98. The SMILES string of the molecule is Cc1cc(N2CCN(c3ccccc3Cl)CC2)nc(Cl)n1. The van der Waals surface area contributed by atoms with Crippen LogP contribution >= 0.6 is 23.2 Å². The van der Waals surface area contributed by atoms with E-state index in [4.69, 9.17) is 23.2 Å². The fourth-order valence-electron chi connectivity index (χ4n) is 2.56. The Morgan fingerprint density at radius 2 is 1.62 bits per heavy atom. The van der Waals surface area contributed by atoms with E-state index in [9.17, 15) is 0 Å². The molecule has 110 valence electrons. The highest BCUT2D eigenvalue weighted by atomic mass is 35.5. The summed E-state index contributed by atoms with van der Waals surface area (Å²) in [5, 5.41) is 1.10. The molecular formula is C15H16Cl2N4. The number of rotatable bonds is 2. The van der Waals surface area contributed by atoms with Crippen molar-refractivity contribution >= 4 is 34.7 Å². The molecule has 0 saturated carbocycles. The van der Waals surface area contributed by atoms with Crippen molar-refractivity contribution < 1.29 is 0 Å². The first-order valence-electron chi connectivity index (χ1n) is 6.89. The maximum atomic E-state index is 6.26. The van der Waals surface area contributed by atoms with Gasteiger partial charge in [-0.05, 0) is 30.7 Å². The van der Waals surface area contributed by atoms with Gasteiger partial charge in [-0.1, -0.05) is 23.7 Å². The van der Waals surface area contributed by atoms with Gasteiger partial charge in [0.1, 0.15) is 5.82 Å². The van der Waals surface area contributed by atoms with E-state index in [0.717, 1.165) is 48.4 Å². The molecule has 21 heavy (non-hydrogen) atoms. The Morgan fingerprint density at radius 3 is 2.29 bits per heavy atom. The van der Waals surface area contributed by atoms with Crippen molar-refractivity contribution in [2.45, 2.75) is 6.92 Å². The van der Waals surface area contributed by atoms with Crippen LogP contribution in [0.2, 0.25) is 10.3 Å². The van der Waals surface area contributed by atoms with Crippen molar-refractivity contribution in [3.05, 3.63) is 46.3 Å². The Bertz CT molecular complexity index is 619. The van der Waals surface area contributed by atoms with Crippen molar-refractivity contribution in [3.8, 4) is 0 Å². The van der Waals surface area contributed by atoms with Gasteiger partial charge in [0.05, 0.1) is 10.7 Å². The third kappa shape index (κ3) is 3.22. The number of hydrogen-bond donors (Lipinski definition) is 0. The minimum atomic E-state index is 0.304. The van der Waals surface area contributed by atoms with Crippen molar-refractivity contribution in [1.82, 2.24) is 9.97 Å². The van der Waals surface area contributed by atoms with Crippen LogP contribution in [0.1, 0.15) is 5.69 Å². The lowest BCUT2D eigenvalue weighted by Crippen LogP contribution is -2.47. The monoisotopic (exact) mass is 322 g/mol. The number of benzene rings is 1. The van der Waals surface area contributed by atoms with E-state index in [1.165, 1.54) is 0 Å². The summed E-state index contributed by atoms with van der Waals surface area (Å²) >= 11 is 12.2. The van der Waals surface area contributed by atoms with E-state index in [1.807, 2.05) is 31.2 Å². The molecule has 1 fully saturated rings. The second-order valence-electron chi connectivity index (χ2n) is 5.06. The molecule has 0 radical (unpaired) electrons. The molecule has 0 spiro atoms. The van der Waals surface area contributed by atoms with Gasteiger partial charge in [-0.3, -0.25) is 0 Å². The van der Waals surface area contributed by atoms with E-state index >= 15 is 0 Å². The maximum absolute atomic E-state index is 6.26. The third-order valence-corrected chi connectivity index (χ3v) is 4.10. The first-order chi connectivity index (χ1) is 10.1. The largest absolute Gasteiger partial charge is 0.367 e. The second-order valence-corrected chi connectivity index (χ2v) is 5.81. The molecule has 2 aromatic rings. The van der Waals surface area contributed by atoms with Crippen LogP contribution in [0, 0.1) is 6.92 Å². The van der Waals surface area contributed by atoms with Crippen molar-refractivity contribution in [2.24, 2.45) is 0 Å². The highest BCUT2D eigenvalue weighted by Crippen LogP contribution is 2.27. The summed E-state index contributed by atoms with van der Waals surface area (Å²) in [4.78, 5) is 12.9. The maximum Gasteiger partial charge on any atom is 0.224 e. The molecule has 1 aromatic carbocycles. The summed E-state index contributed by atoms with van der Waals surface area (Å²) in [6.07, 6.45) is 0. The van der Waals surface area contributed by atoms with Gasteiger partial charge in [0.25, 0.3) is 0 Å². The number of piperazine rings is 1. The van der Waals surface area contributed by atoms with Crippen LogP contribution in [-0.4, -0.2) is 36.1 Å². The average Bonchev–Trinajstić information content (AvgIpc) is 2.47. The number of para-hydroxylation sites is 1. The molecule has 0 amide bonds. The molecule has 0 bridgehead atoms. The standard InChI is InChI=1S/C15H16Cl2N4/c1-11-10-14(19-15(17)18-11)21-8-6-20(7-9-21)13-5-3-2-4-12(13)16/h2-5,10H,6-9H2,1H3. The van der Waals surface area contributed by atoms with Crippen molar-refractivity contribution in [2.75, 3.05) is 36.0 Å². The Kier molecular flexibility index (Phi) is 4.17. The van der Waals surface area contributed by atoms with Crippen LogP contribution in [0.5, 0.6) is 0 Å². The van der Waals surface area contributed by atoms with E-state index in [2.05, 4.69) is 25.8 Å². The Hall–Kier alpha value is -1.52. The lowest BCUT2D eigenvalue weighted by atomic mass is 10.2. The highest BCUT2D eigenvalue weighted by molar-refractivity contribution is 6.33. The van der Waals surface area contributed by atoms with Crippen molar-refractivity contribution in [3.63, 3.8) is 0 Å². The van der Waals surface area contributed by atoms with Gasteiger partial charge in [-0.15, -0.1) is 0 Å². The number of hydrogen-bond acceptors (Lipinski definition) is 4. The second kappa shape index (κ2) is 6.08. The quantitative estimate of drug-likeness (QED) is 0.793. The van der Waals surface area contributed by atoms with E-state index < -0.39 is 0 Å². The molecule has 0 N–H and O–H groups in total. The van der Waals surface area contributed by atoms with Crippen LogP contribution in [0.3, 0.4) is 0 Å². The van der Waals surface area contributed by atoms with Gasteiger partial charge in [-0.2, -0.15) is 0 Å². The van der Waals surface area contributed by atoms with Crippen molar-refractivity contribution in [1.29, 1.82) is 0 Å². The summed E-state index contributed by atoms with van der Waals surface area (Å²) < 4.78 is 0. The molecule has 6 heteroatoms. The number of nitrogens with zero attached hydrogens (tertiary/aromatic N) is 4. The molecular weight excluding hydrogens is 307 g/mol. The first kappa shape index (κ1) is 14.4. The van der Waals surface area contributed by atoms with Gasteiger partial charge < -0.3 is 9.80 Å². The zero-order chi connectivity index (χ0) is 14.8. The highest BCUT2D eigenvalue weighted by Gasteiger charge is 2.20. The van der Waals surface area contributed by atoms with Gasteiger partial charge in [-0.25, -0.2) is 9.97 Å². The molecule has 1 aromatic heterocycles. The topological polar surface area (TPSA) is 32.3 Å². The van der Waals surface area contributed by atoms with Crippen LogP contribution in [0.25, 0.3) is 0 Å². The van der Waals surface area contributed by atoms with Gasteiger partial charge in [0, 0.05) is 37.9 Å². The third-order valence-electron chi connectivity index (χ3n) is 3.61. The molecule has 0 atom stereocenters. The Morgan fingerprint density at radius 1 is 0.952 bits per heavy atom. The summed E-state index contributed by atoms with van der Waals surface area (Å²) in [6.45, 7) is 5.52. The summed E-state index contributed by atoms with van der Waals surface area (Å²) in [5.74, 6) is 0.895. The zero-order valence-electron chi connectivity index (χ0n) is 11.8. The van der Waals surface area contributed by atoms with Gasteiger partial charge >= 0.3 is 0 Å². The van der Waals surface area contributed by atoms with Crippen LogP contribution in [0.15, 0.2) is 30.3 Å². The molecule has 4 nitrogen and oxygen atoms in total. The van der Waals surface area contributed by atoms with Crippen LogP contribution < -0.4 is 9.80 Å². The van der Waals surface area contributed by atoms with E-state index in [-0.39, 0.29) is 0 Å². The molecule has 3 rings (SSSR count). The van der Waals surface area contributed by atoms with Gasteiger partial charge in [0.15, 0.2) is 0 Å². The predicted octanol–water partition coefficient (Wildman–Crippen LogP) is 3.42. The molecule has 1 aliphatic heterocycles. The number of anilines is 2. The lowest BCUT2D eigenvalue weighted by molar-refractivity contribution is 0.646. The molecule has 2 heterocycles. The summed E-state index contributed by atoms with van der Waals surface area (Å²) in [6, 6.07) is 9.92. The fourth-order valence-corrected chi connectivity index (χ4v) is 3.04. The number of aromatic nitrogens is 2. The average molecular weight is 323 g/mol. The zero-order valence-corrected chi connectivity index (χ0v) is 13.3.